The molecule has 2 rings (SSSR count). The molecule has 3 N–H and O–H groups in total. The Morgan fingerprint density at radius 3 is 2.85 bits per heavy atom. The van der Waals surface area contributed by atoms with Crippen LogP contribution in [0.3, 0.4) is 0 Å². The van der Waals surface area contributed by atoms with Gasteiger partial charge in [-0.2, -0.15) is 0 Å². The van der Waals surface area contributed by atoms with Crippen LogP contribution in [0, 0.1) is 5.92 Å². The van der Waals surface area contributed by atoms with E-state index in [1.165, 1.54) is 19.3 Å². The fourth-order valence-electron chi connectivity index (χ4n) is 2.90. The van der Waals surface area contributed by atoms with Crippen molar-refractivity contribution < 1.29 is 14.3 Å². The summed E-state index contributed by atoms with van der Waals surface area (Å²) in [5, 5.41) is 15.0. The molecule has 1 aromatic rings. The highest BCUT2D eigenvalue weighted by molar-refractivity contribution is 5.74. The quantitative estimate of drug-likeness (QED) is 0.749. The van der Waals surface area contributed by atoms with Crippen molar-refractivity contribution in [1.82, 2.24) is 10.6 Å². The van der Waals surface area contributed by atoms with Crippen LogP contribution < -0.4 is 10.6 Å². The predicted molar refractivity (Wildman–Crippen MR) is 76.1 cm³/mol. The molecule has 0 bridgehead atoms. The number of urea groups is 1. The van der Waals surface area contributed by atoms with Crippen molar-refractivity contribution in [2.75, 3.05) is 6.61 Å². The summed E-state index contributed by atoms with van der Waals surface area (Å²) >= 11 is 0. The highest BCUT2D eigenvalue weighted by Gasteiger charge is 2.24. The van der Waals surface area contributed by atoms with E-state index in [1.807, 2.05) is 6.07 Å². The van der Waals surface area contributed by atoms with Crippen LogP contribution in [-0.4, -0.2) is 23.8 Å². The Labute approximate surface area is 119 Å². The van der Waals surface area contributed by atoms with Gasteiger partial charge in [-0.05, 0) is 37.3 Å². The van der Waals surface area contributed by atoms with E-state index in [0.717, 1.165) is 18.6 Å². The smallest absolute Gasteiger partial charge is 0.315 e. The zero-order valence-corrected chi connectivity index (χ0v) is 11.8. The Bertz CT molecular complexity index is 386. The van der Waals surface area contributed by atoms with E-state index in [2.05, 4.69) is 10.6 Å². The lowest BCUT2D eigenvalue weighted by Crippen LogP contribution is -2.46. The maximum atomic E-state index is 11.9. The summed E-state index contributed by atoms with van der Waals surface area (Å²) in [6.45, 7) is 0.495. The van der Waals surface area contributed by atoms with Gasteiger partial charge in [0.2, 0.25) is 0 Å². The lowest BCUT2D eigenvalue weighted by Gasteiger charge is -2.30. The summed E-state index contributed by atoms with van der Waals surface area (Å²) in [5.74, 6) is 1.22. The largest absolute Gasteiger partial charge is 0.467 e. The standard InChI is InChI=1S/C15H24N2O3/c18-9-8-14(12-5-2-1-3-6-12)17-15(19)16-11-13-7-4-10-20-13/h4,7,10,12,14,18H,1-3,5-6,8-9,11H2,(H2,16,17,19). The van der Waals surface area contributed by atoms with Crippen molar-refractivity contribution >= 4 is 6.03 Å². The number of aliphatic hydroxyl groups is 1. The Morgan fingerprint density at radius 1 is 1.40 bits per heavy atom. The van der Waals surface area contributed by atoms with Gasteiger partial charge in [-0.1, -0.05) is 19.3 Å². The van der Waals surface area contributed by atoms with Crippen LogP contribution >= 0.6 is 0 Å². The Hall–Kier alpha value is -1.49. The summed E-state index contributed by atoms with van der Waals surface area (Å²) in [6.07, 6.45) is 8.23. The van der Waals surface area contributed by atoms with E-state index in [1.54, 1.807) is 12.3 Å². The predicted octanol–water partition coefficient (Wildman–Crippen LogP) is 2.41. The topological polar surface area (TPSA) is 74.5 Å². The van der Waals surface area contributed by atoms with Crippen LogP contribution in [0.15, 0.2) is 22.8 Å². The molecule has 5 nitrogen and oxygen atoms in total. The number of carbonyl (C=O) groups excluding carboxylic acids is 1. The number of amides is 2. The average molecular weight is 280 g/mol. The Kier molecular flexibility index (Phi) is 5.92. The van der Waals surface area contributed by atoms with Gasteiger partial charge in [0, 0.05) is 12.6 Å². The van der Waals surface area contributed by atoms with Gasteiger partial charge < -0.3 is 20.2 Å². The van der Waals surface area contributed by atoms with E-state index >= 15 is 0 Å². The first kappa shape index (κ1) is 14.9. The molecular formula is C15H24N2O3. The van der Waals surface area contributed by atoms with Crippen LogP contribution in [-0.2, 0) is 6.54 Å². The molecule has 1 unspecified atom stereocenters. The molecule has 0 spiro atoms. The molecule has 5 heteroatoms. The first-order chi connectivity index (χ1) is 9.79. The minimum atomic E-state index is -0.189. The molecule has 20 heavy (non-hydrogen) atoms. The molecule has 1 aliphatic carbocycles. The second-order valence-electron chi connectivity index (χ2n) is 5.42. The minimum Gasteiger partial charge on any atom is -0.467 e. The van der Waals surface area contributed by atoms with E-state index < -0.39 is 0 Å². The monoisotopic (exact) mass is 280 g/mol. The minimum absolute atomic E-state index is 0.0666. The molecular weight excluding hydrogens is 256 g/mol. The van der Waals surface area contributed by atoms with Gasteiger partial charge >= 0.3 is 6.03 Å². The van der Waals surface area contributed by atoms with E-state index in [-0.39, 0.29) is 18.7 Å². The number of nitrogens with one attached hydrogen (secondary N) is 2. The summed E-state index contributed by atoms with van der Waals surface area (Å²) < 4.78 is 5.17. The number of carbonyl (C=O) groups is 1. The molecule has 2 amide bonds. The van der Waals surface area contributed by atoms with Crippen LogP contribution in [0.2, 0.25) is 0 Å². The molecule has 1 fully saturated rings. The molecule has 1 atom stereocenters. The van der Waals surface area contributed by atoms with E-state index in [0.29, 0.717) is 18.9 Å². The van der Waals surface area contributed by atoms with Crippen molar-refractivity contribution in [3.8, 4) is 0 Å². The molecule has 1 heterocycles. The van der Waals surface area contributed by atoms with Gasteiger partial charge in [-0.15, -0.1) is 0 Å². The summed E-state index contributed by atoms with van der Waals surface area (Å²) in [7, 11) is 0. The van der Waals surface area contributed by atoms with Crippen LogP contribution in [0.1, 0.15) is 44.3 Å². The SMILES string of the molecule is O=C(NCc1ccco1)NC(CCO)C1CCCCC1. The lowest BCUT2D eigenvalue weighted by atomic mass is 9.83. The maximum absolute atomic E-state index is 11.9. The number of hydrogen-bond acceptors (Lipinski definition) is 3. The average Bonchev–Trinajstić information content (AvgIpc) is 2.99. The Morgan fingerprint density at radius 2 is 2.20 bits per heavy atom. The molecule has 0 aromatic carbocycles. The van der Waals surface area contributed by atoms with Crippen LogP contribution in [0.5, 0.6) is 0 Å². The normalized spacial score (nSPS) is 17.6. The number of rotatable bonds is 6. The molecule has 112 valence electrons. The van der Waals surface area contributed by atoms with Crippen LogP contribution in [0.4, 0.5) is 4.79 Å². The first-order valence-electron chi connectivity index (χ1n) is 7.47. The van der Waals surface area contributed by atoms with Gasteiger partial charge in [-0.25, -0.2) is 4.79 Å². The van der Waals surface area contributed by atoms with Crippen molar-refractivity contribution in [2.45, 2.75) is 51.1 Å². The summed E-state index contributed by atoms with van der Waals surface area (Å²) in [5.41, 5.74) is 0. The molecule has 1 aromatic heterocycles. The third kappa shape index (κ3) is 4.56. The van der Waals surface area contributed by atoms with Crippen molar-refractivity contribution in [2.24, 2.45) is 5.92 Å². The lowest BCUT2D eigenvalue weighted by molar-refractivity contribution is 0.196. The van der Waals surface area contributed by atoms with Gasteiger partial charge in [0.25, 0.3) is 0 Å². The van der Waals surface area contributed by atoms with E-state index in [4.69, 9.17) is 4.42 Å². The molecule has 1 saturated carbocycles. The Balaban J connectivity index is 1.78. The highest BCUT2D eigenvalue weighted by Crippen LogP contribution is 2.27. The first-order valence-corrected chi connectivity index (χ1v) is 7.47. The number of furan rings is 1. The van der Waals surface area contributed by atoms with Crippen molar-refractivity contribution in [3.05, 3.63) is 24.2 Å². The third-order valence-electron chi connectivity index (χ3n) is 3.98. The van der Waals surface area contributed by atoms with Gasteiger partial charge in [0.1, 0.15) is 5.76 Å². The zero-order chi connectivity index (χ0) is 14.2. The van der Waals surface area contributed by atoms with Crippen LogP contribution in [0.25, 0.3) is 0 Å². The molecule has 1 aliphatic rings. The third-order valence-corrected chi connectivity index (χ3v) is 3.98. The van der Waals surface area contributed by atoms with Crippen molar-refractivity contribution in [1.29, 1.82) is 0 Å². The van der Waals surface area contributed by atoms with E-state index in [9.17, 15) is 9.90 Å². The second kappa shape index (κ2) is 7.94. The maximum Gasteiger partial charge on any atom is 0.315 e. The summed E-state index contributed by atoms with van der Waals surface area (Å²) in [6, 6.07) is 3.50. The van der Waals surface area contributed by atoms with Crippen molar-refractivity contribution in [3.63, 3.8) is 0 Å². The van der Waals surface area contributed by atoms with Gasteiger partial charge in [0.05, 0.1) is 12.8 Å². The fraction of sp³-hybridized carbons (Fsp3) is 0.667. The molecule has 0 radical (unpaired) electrons. The molecule has 0 aliphatic heterocycles. The zero-order valence-electron chi connectivity index (χ0n) is 11.8. The van der Waals surface area contributed by atoms with Gasteiger partial charge in [-0.3, -0.25) is 0 Å². The van der Waals surface area contributed by atoms with Gasteiger partial charge in [0.15, 0.2) is 0 Å². The summed E-state index contributed by atoms with van der Waals surface area (Å²) in [4.78, 5) is 11.9. The second-order valence-corrected chi connectivity index (χ2v) is 5.42. The number of aliphatic hydroxyl groups excluding tert-OH is 1. The molecule has 0 saturated heterocycles. The number of hydrogen-bond donors (Lipinski definition) is 3. The fourth-order valence-corrected chi connectivity index (χ4v) is 2.90. The highest BCUT2D eigenvalue weighted by atomic mass is 16.3.